The number of aromatic nitrogens is 4. The molecule has 5 heterocycles. The Morgan fingerprint density at radius 1 is 1.21 bits per heavy atom. The maximum absolute atomic E-state index is 11.8. The molecule has 3 aromatic rings. The molecule has 0 unspecified atom stereocenters. The predicted octanol–water partition coefficient (Wildman–Crippen LogP) is 3.48. The van der Waals surface area contributed by atoms with Crippen LogP contribution in [0.3, 0.4) is 0 Å². The molecule has 2 saturated heterocycles. The lowest BCUT2D eigenvalue weighted by Crippen LogP contribution is -2.38. The fourth-order valence-electron chi connectivity index (χ4n) is 4.67. The number of rotatable bonds is 8. The molecule has 0 aromatic carbocycles. The van der Waals surface area contributed by atoms with Crippen LogP contribution in [-0.2, 0) is 11.3 Å². The average molecular weight is 536 g/mol. The molecule has 38 heavy (non-hydrogen) atoms. The Hall–Kier alpha value is -3.77. The first-order valence-electron chi connectivity index (χ1n) is 12.4. The van der Waals surface area contributed by atoms with E-state index in [1.54, 1.807) is 25.4 Å². The minimum absolute atomic E-state index is 0.341. The number of anilines is 1. The molecule has 0 saturated carbocycles. The summed E-state index contributed by atoms with van der Waals surface area (Å²) in [5.74, 6) is 2.24. The lowest BCUT2D eigenvalue weighted by atomic mass is 9.97. The molecular weight excluding hydrogens is 506 g/mol. The molecule has 0 bridgehead atoms. The SMILES string of the molecule is COc1ccc(-c2c(C)noc2C)nc1CNCC1CCN(c2nccc(/C=C3/SC(=O)NC3=O)n2)CC1. The number of hydrogen-bond donors (Lipinski definition) is 2. The fourth-order valence-corrected chi connectivity index (χ4v) is 5.34. The third-order valence-corrected chi connectivity index (χ3v) is 7.46. The van der Waals surface area contributed by atoms with Crippen LogP contribution in [0.2, 0.25) is 0 Å². The molecule has 2 N–H and O–H groups in total. The van der Waals surface area contributed by atoms with Crippen LogP contribution in [0.5, 0.6) is 5.75 Å². The van der Waals surface area contributed by atoms with Crippen molar-refractivity contribution in [2.24, 2.45) is 5.92 Å². The third kappa shape index (κ3) is 5.70. The molecule has 2 fully saturated rings. The molecule has 3 aromatic heterocycles. The van der Waals surface area contributed by atoms with Crippen LogP contribution in [0.25, 0.3) is 17.3 Å². The molecule has 5 rings (SSSR count). The van der Waals surface area contributed by atoms with E-state index >= 15 is 0 Å². The number of carbonyl (C=O) groups excluding carboxylic acids is 2. The topological polar surface area (TPSA) is 135 Å². The summed E-state index contributed by atoms with van der Waals surface area (Å²) >= 11 is 0.881. The number of aryl methyl sites for hydroxylation is 2. The molecule has 198 valence electrons. The van der Waals surface area contributed by atoms with Crippen LogP contribution < -0.4 is 20.3 Å². The Balaban J connectivity index is 1.16. The van der Waals surface area contributed by atoms with Crippen molar-refractivity contribution >= 4 is 34.9 Å². The molecule has 0 aliphatic carbocycles. The van der Waals surface area contributed by atoms with E-state index in [9.17, 15) is 9.59 Å². The summed E-state index contributed by atoms with van der Waals surface area (Å²) in [6, 6.07) is 5.59. The van der Waals surface area contributed by atoms with Crippen molar-refractivity contribution in [1.82, 2.24) is 30.7 Å². The van der Waals surface area contributed by atoms with Crippen molar-refractivity contribution in [3.05, 3.63) is 52.1 Å². The van der Waals surface area contributed by atoms with E-state index in [0.717, 1.165) is 78.4 Å². The van der Waals surface area contributed by atoms with E-state index in [1.165, 1.54) is 0 Å². The van der Waals surface area contributed by atoms with Gasteiger partial charge in [0.1, 0.15) is 11.5 Å². The van der Waals surface area contributed by atoms with Crippen molar-refractivity contribution < 1.29 is 18.8 Å². The Morgan fingerprint density at radius 3 is 2.71 bits per heavy atom. The highest BCUT2D eigenvalue weighted by molar-refractivity contribution is 8.18. The fraction of sp³-hybridized carbons (Fsp3) is 0.385. The molecule has 11 nitrogen and oxygen atoms in total. The summed E-state index contributed by atoms with van der Waals surface area (Å²) in [7, 11) is 1.65. The van der Waals surface area contributed by atoms with Gasteiger partial charge < -0.3 is 19.5 Å². The lowest BCUT2D eigenvalue weighted by Gasteiger charge is -2.32. The molecule has 0 spiro atoms. The minimum Gasteiger partial charge on any atom is -0.495 e. The Kier molecular flexibility index (Phi) is 7.70. The Bertz CT molecular complexity index is 1360. The molecule has 2 aliphatic rings. The van der Waals surface area contributed by atoms with Crippen LogP contribution in [0.4, 0.5) is 10.7 Å². The molecular formula is C26H29N7O4S. The van der Waals surface area contributed by atoms with E-state index in [0.29, 0.717) is 29.0 Å². The van der Waals surface area contributed by atoms with Crippen molar-refractivity contribution in [3.63, 3.8) is 0 Å². The second-order valence-electron chi connectivity index (χ2n) is 9.24. The Labute approximate surface area is 224 Å². The van der Waals surface area contributed by atoms with Gasteiger partial charge in [-0.25, -0.2) is 15.0 Å². The minimum atomic E-state index is -0.392. The van der Waals surface area contributed by atoms with E-state index in [-0.39, 0.29) is 5.24 Å². The number of imide groups is 1. The van der Waals surface area contributed by atoms with E-state index in [2.05, 4.69) is 30.7 Å². The largest absolute Gasteiger partial charge is 0.495 e. The van der Waals surface area contributed by atoms with Gasteiger partial charge in [-0.1, -0.05) is 5.16 Å². The standard InChI is InChI=1S/C26H29N7O4S/c1-15-23(16(2)37-32-15)19-4-5-21(36-3)20(30-19)14-27-13-17-7-10-33(11-8-17)25-28-9-6-18(29-25)12-22-24(34)31-26(35)38-22/h4-6,9,12,17,27H,7-8,10-11,13-14H2,1-3H3,(H,31,34,35)/b22-12+. The van der Waals surface area contributed by atoms with E-state index in [4.69, 9.17) is 14.2 Å². The lowest BCUT2D eigenvalue weighted by molar-refractivity contribution is -0.115. The maximum Gasteiger partial charge on any atom is 0.290 e. The van der Waals surface area contributed by atoms with Gasteiger partial charge in [-0.05, 0) is 75.2 Å². The number of methoxy groups -OCH3 is 1. The molecule has 2 aliphatic heterocycles. The van der Waals surface area contributed by atoms with Gasteiger partial charge in [0.25, 0.3) is 11.1 Å². The number of carbonyl (C=O) groups is 2. The first-order valence-corrected chi connectivity index (χ1v) is 13.2. The van der Waals surface area contributed by atoms with E-state index < -0.39 is 5.91 Å². The number of piperidine rings is 1. The van der Waals surface area contributed by atoms with Crippen molar-refractivity contribution in [3.8, 4) is 17.0 Å². The Morgan fingerprint density at radius 2 is 2.03 bits per heavy atom. The van der Waals surface area contributed by atoms with Gasteiger partial charge in [-0.3, -0.25) is 14.9 Å². The van der Waals surface area contributed by atoms with Gasteiger partial charge in [0.15, 0.2) is 0 Å². The summed E-state index contributed by atoms with van der Waals surface area (Å²) in [4.78, 5) is 39.6. The van der Waals surface area contributed by atoms with Crippen LogP contribution in [0.1, 0.15) is 35.7 Å². The summed E-state index contributed by atoms with van der Waals surface area (Å²) in [6.45, 7) is 6.93. The molecule has 12 heteroatoms. The smallest absolute Gasteiger partial charge is 0.290 e. The van der Waals surface area contributed by atoms with Gasteiger partial charge in [0.2, 0.25) is 5.95 Å². The second kappa shape index (κ2) is 11.3. The van der Waals surface area contributed by atoms with Crippen LogP contribution >= 0.6 is 11.8 Å². The van der Waals surface area contributed by atoms with Crippen molar-refractivity contribution in [1.29, 1.82) is 0 Å². The predicted molar refractivity (Wildman–Crippen MR) is 144 cm³/mol. The van der Waals surface area contributed by atoms with Crippen LogP contribution in [-0.4, -0.2) is 58.0 Å². The number of thioether (sulfide) groups is 1. The zero-order chi connectivity index (χ0) is 26.6. The van der Waals surface area contributed by atoms with Gasteiger partial charge in [-0.2, -0.15) is 0 Å². The zero-order valence-corrected chi connectivity index (χ0v) is 22.3. The summed E-state index contributed by atoms with van der Waals surface area (Å²) < 4.78 is 10.8. The second-order valence-corrected chi connectivity index (χ2v) is 10.3. The maximum atomic E-state index is 11.8. The molecule has 2 amide bonds. The first-order chi connectivity index (χ1) is 18.4. The quantitative estimate of drug-likeness (QED) is 0.410. The highest BCUT2D eigenvalue weighted by Gasteiger charge is 2.26. The van der Waals surface area contributed by atoms with Gasteiger partial charge >= 0.3 is 0 Å². The number of ether oxygens (including phenoxy) is 1. The van der Waals surface area contributed by atoms with Gasteiger partial charge in [-0.15, -0.1) is 0 Å². The number of hydrogen-bond acceptors (Lipinski definition) is 11. The zero-order valence-electron chi connectivity index (χ0n) is 21.5. The molecule has 0 atom stereocenters. The highest BCUT2D eigenvalue weighted by atomic mass is 32.2. The van der Waals surface area contributed by atoms with E-state index in [1.807, 2.05) is 26.0 Å². The number of amides is 2. The summed E-state index contributed by atoms with van der Waals surface area (Å²) in [5.41, 5.74) is 4.00. The normalized spacial score (nSPS) is 17.3. The third-order valence-electron chi connectivity index (χ3n) is 6.65. The highest BCUT2D eigenvalue weighted by Crippen LogP contribution is 2.29. The number of nitrogens with one attached hydrogen (secondary N) is 2. The monoisotopic (exact) mass is 535 g/mol. The first kappa shape index (κ1) is 25.9. The van der Waals surface area contributed by atoms with Crippen LogP contribution in [0.15, 0.2) is 33.8 Å². The number of pyridine rings is 1. The average Bonchev–Trinajstić information content (AvgIpc) is 3.42. The van der Waals surface area contributed by atoms with Gasteiger partial charge in [0, 0.05) is 25.8 Å². The van der Waals surface area contributed by atoms with Gasteiger partial charge in [0.05, 0.1) is 40.4 Å². The van der Waals surface area contributed by atoms with Crippen molar-refractivity contribution in [2.45, 2.75) is 33.2 Å². The molecule has 0 radical (unpaired) electrons. The number of nitrogens with zero attached hydrogens (tertiary/aromatic N) is 5. The summed E-state index contributed by atoms with van der Waals surface area (Å²) in [6.07, 6.45) is 5.30. The van der Waals surface area contributed by atoms with Crippen LogP contribution in [0, 0.1) is 19.8 Å². The summed E-state index contributed by atoms with van der Waals surface area (Å²) in [5, 5.41) is 9.49. The van der Waals surface area contributed by atoms with Crippen molar-refractivity contribution in [2.75, 3.05) is 31.6 Å².